The molecule has 0 radical (unpaired) electrons. The molecule has 2 aromatic heterocycles. The second-order valence-electron chi connectivity index (χ2n) is 11.9. The molecule has 4 atom stereocenters. The average molecular weight is 780 g/mol. The van der Waals surface area contributed by atoms with Crippen LogP contribution >= 0.6 is 45.2 Å². The van der Waals surface area contributed by atoms with Gasteiger partial charge in [-0.05, 0) is 23.3 Å². The van der Waals surface area contributed by atoms with Crippen molar-refractivity contribution < 1.29 is 18.6 Å². The van der Waals surface area contributed by atoms with Crippen molar-refractivity contribution in [3.8, 4) is 11.4 Å². The molecule has 0 saturated heterocycles. The third kappa shape index (κ3) is 3.49. The molecule has 0 N–H and O–H groups in total. The van der Waals surface area contributed by atoms with Crippen molar-refractivity contribution in [3.63, 3.8) is 0 Å². The van der Waals surface area contributed by atoms with E-state index in [-0.39, 0.29) is 24.3 Å². The summed E-state index contributed by atoms with van der Waals surface area (Å²) in [5.41, 5.74) is 13.0. The molecule has 2 aliphatic carbocycles. The van der Waals surface area contributed by atoms with E-state index in [1.165, 1.54) is 64.1 Å². The molecule has 0 unspecified atom stereocenters. The number of fused-ring (bicyclic) bond motifs is 10. The van der Waals surface area contributed by atoms with Crippen molar-refractivity contribution in [1.82, 2.24) is 9.13 Å². The Labute approximate surface area is 272 Å². The SMILES string of the molecule is Cc1c2[n+](c(I)n1-c1cccc(-n3c(C)c4[n+](c3I)[C@@H]3c5ccccc5C[C@@H]3OC4)c1)[C@@H]1c3ccccc3C[C@@H]1OC2. The smallest absolute Gasteiger partial charge is 0.323 e. The first kappa shape index (κ1) is 25.9. The van der Waals surface area contributed by atoms with Gasteiger partial charge in [0.1, 0.15) is 36.8 Å². The normalized spacial score (nSPS) is 23.1. The van der Waals surface area contributed by atoms with E-state index in [9.17, 15) is 0 Å². The molecule has 210 valence electrons. The maximum absolute atomic E-state index is 6.47. The lowest BCUT2D eigenvalue weighted by atomic mass is 10.1. The first-order valence-electron chi connectivity index (χ1n) is 14.6. The number of benzene rings is 3. The zero-order valence-corrected chi connectivity index (χ0v) is 27.7. The molecule has 4 heterocycles. The first-order chi connectivity index (χ1) is 20.5. The van der Waals surface area contributed by atoms with Crippen LogP contribution in [0.25, 0.3) is 11.4 Å². The molecular formula is C34H30I2N4O2+2. The fourth-order valence-corrected chi connectivity index (χ4v) is 10.4. The van der Waals surface area contributed by atoms with Gasteiger partial charge in [0.15, 0.2) is 34.9 Å². The topological polar surface area (TPSA) is 36.1 Å². The minimum absolute atomic E-state index is 0.189. The summed E-state index contributed by atoms with van der Waals surface area (Å²) in [4.78, 5) is 0. The largest absolute Gasteiger partial charge is 0.364 e. The van der Waals surface area contributed by atoms with Crippen molar-refractivity contribution in [3.05, 3.63) is 125 Å². The van der Waals surface area contributed by atoms with Crippen LogP contribution in [0.2, 0.25) is 0 Å². The standard InChI is InChI=1S/C34H30I2N4O2/c1-19-27-17-41-29-14-21-8-3-5-12-25(21)31(29)39(27)33(35)37(19)23-10-7-11-24(16-23)38-20(2)28-18-42-30-15-22-9-4-6-13-26(22)32(30)40(28)34(38)36/h3-13,16,29-32H,14-15,17-18H2,1-2H3/q+2/t29-,30-,31+,32+/m0/s1. The number of halogens is 2. The van der Waals surface area contributed by atoms with Crippen LogP contribution < -0.4 is 9.13 Å². The number of hydrogen-bond acceptors (Lipinski definition) is 2. The van der Waals surface area contributed by atoms with Gasteiger partial charge in [0.25, 0.3) is 0 Å². The number of ether oxygens (including phenoxy) is 2. The lowest BCUT2D eigenvalue weighted by Gasteiger charge is -2.25. The summed E-state index contributed by atoms with van der Waals surface area (Å²) in [5, 5.41) is 0. The Kier molecular flexibility index (Phi) is 5.85. The molecule has 6 nitrogen and oxygen atoms in total. The maximum Gasteiger partial charge on any atom is 0.323 e. The highest BCUT2D eigenvalue weighted by atomic mass is 127. The lowest BCUT2D eigenvalue weighted by Crippen LogP contribution is -2.53. The minimum Gasteiger partial charge on any atom is -0.364 e. The van der Waals surface area contributed by atoms with Crippen LogP contribution in [0.4, 0.5) is 0 Å². The Hall–Kier alpha value is -2.54. The van der Waals surface area contributed by atoms with E-state index in [2.05, 4.69) is 150 Å². The Morgan fingerprint density at radius 1 is 0.643 bits per heavy atom. The average Bonchev–Trinajstić information content (AvgIpc) is 3.71. The van der Waals surface area contributed by atoms with E-state index in [4.69, 9.17) is 9.47 Å². The van der Waals surface area contributed by atoms with Crippen LogP contribution in [0.1, 0.15) is 57.1 Å². The van der Waals surface area contributed by atoms with Gasteiger partial charge in [0.2, 0.25) is 0 Å². The van der Waals surface area contributed by atoms with Gasteiger partial charge in [0.05, 0.1) is 45.2 Å². The van der Waals surface area contributed by atoms with Crippen LogP contribution in [0, 0.1) is 21.5 Å². The van der Waals surface area contributed by atoms with E-state index in [1.54, 1.807) is 0 Å². The van der Waals surface area contributed by atoms with E-state index in [0.29, 0.717) is 13.2 Å². The molecule has 0 amide bonds. The minimum atomic E-state index is 0.189. The molecule has 3 aromatic carbocycles. The zero-order valence-electron chi connectivity index (χ0n) is 23.4. The maximum atomic E-state index is 6.47. The monoisotopic (exact) mass is 780 g/mol. The second kappa shape index (κ2) is 9.48. The quantitative estimate of drug-likeness (QED) is 0.169. The summed E-state index contributed by atoms with van der Waals surface area (Å²) in [7, 11) is 0. The molecule has 42 heavy (non-hydrogen) atoms. The summed E-state index contributed by atoms with van der Waals surface area (Å²) < 4.78 is 25.3. The molecule has 8 heteroatoms. The van der Waals surface area contributed by atoms with E-state index in [0.717, 1.165) is 12.8 Å². The van der Waals surface area contributed by atoms with Gasteiger partial charge in [-0.1, -0.05) is 54.6 Å². The number of aromatic nitrogens is 4. The van der Waals surface area contributed by atoms with E-state index < -0.39 is 0 Å². The highest BCUT2D eigenvalue weighted by molar-refractivity contribution is 14.1. The number of nitrogens with zero attached hydrogens (tertiary/aromatic N) is 4. The van der Waals surface area contributed by atoms with Gasteiger partial charge in [-0.2, -0.15) is 9.13 Å². The summed E-state index contributed by atoms with van der Waals surface area (Å²) in [6.45, 7) is 5.76. The zero-order chi connectivity index (χ0) is 28.3. The Balaban J connectivity index is 1.17. The molecule has 0 saturated carbocycles. The van der Waals surface area contributed by atoms with Gasteiger partial charge in [-0.25, -0.2) is 9.13 Å². The van der Waals surface area contributed by atoms with Gasteiger partial charge in [-0.15, -0.1) is 0 Å². The van der Waals surface area contributed by atoms with Gasteiger partial charge >= 0.3 is 7.66 Å². The Bertz CT molecular complexity index is 1810. The number of rotatable bonds is 2. The molecule has 2 aliphatic heterocycles. The summed E-state index contributed by atoms with van der Waals surface area (Å²) in [5.74, 6) is 0. The molecule has 0 bridgehead atoms. The summed E-state index contributed by atoms with van der Waals surface area (Å²) in [6.07, 6.45) is 2.34. The molecule has 0 fully saturated rings. The molecule has 9 rings (SSSR count). The van der Waals surface area contributed by atoms with Crippen molar-refractivity contribution in [2.45, 2.75) is 64.2 Å². The van der Waals surface area contributed by atoms with Crippen molar-refractivity contribution in [2.24, 2.45) is 0 Å². The number of hydrogen-bond donors (Lipinski definition) is 0. The van der Waals surface area contributed by atoms with Gasteiger partial charge in [-0.3, -0.25) is 0 Å². The molecule has 5 aromatic rings. The summed E-state index contributed by atoms with van der Waals surface area (Å²) in [6, 6.07) is 27.1. The van der Waals surface area contributed by atoms with Gasteiger partial charge in [0, 0.05) is 43.9 Å². The molecular weight excluding hydrogens is 750 g/mol. The van der Waals surface area contributed by atoms with Crippen molar-refractivity contribution in [2.75, 3.05) is 0 Å². The Morgan fingerprint density at radius 3 is 1.57 bits per heavy atom. The fourth-order valence-electron chi connectivity index (χ4n) is 7.96. The van der Waals surface area contributed by atoms with E-state index in [1.807, 2.05) is 0 Å². The first-order valence-corrected chi connectivity index (χ1v) is 16.8. The Morgan fingerprint density at radius 2 is 1.10 bits per heavy atom. The second-order valence-corrected chi connectivity index (χ2v) is 13.9. The fraction of sp³-hybridized carbons (Fsp3) is 0.294. The van der Waals surface area contributed by atoms with Crippen LogP contribution in [0.3, 0.4) is 0 Å². The highest BCUT2D eigenvalue weighted by Crippen LogP contribution is 2.40. The lowest BCUT2D eigenvalue weighted by molar-refractivity contribution is -0.749. The van der Waals surface area contributed by atoms with Crippen LogP contribution in [0.15, 0.2) is 72.8 Å². The van der Waals surface area contributed by atoms with Crippen LogP contribution in [-0.2, 0) is 35.5 Å². The van der Waals surface area contributed by atoms with Crippen LogP contribution in [0.5, 0.6) is 0 Å². The highest BCUT2D eigenvalue weighted by Gasteiger charge is 2.48. The third-order valence-corrected chi connectivity index (χ3v) is 11.9. The van der Waals surface area contributed by atoms with Crippen LogP contribution in [-0.4, -0.2) is 21.3 Å². The predicted octanol–water partition coefficient (Wildman–Crippen LogP) is 5.76. The molecule has 4 aliphatic rings. The van der Waals surface area contributed by atoms with Crippen molar-refractivity contribution >= 4 is 45.2 Å². The number of imidazole rings is 2. The summed E-state index contributed by atoms with van der Waals surface area (Å²) >= 11 is 5.10. The molecule has 0 spiro atoms. The van der Waals surface area contributed by atoms with Gasteiger partial charge < -0.3 is 9.47 Å². The van der Waals surface area contributed by atoms with Crippen molar-refractivity contribution in [1.29, 1.82) is 0 Å². The van der Waals surface area contributed by atoms with E-state index >= 15 is 0 Å². The third-order valence-electron chi connectivity index (χ3n) is 9.92. The predicted molar refractivity (Wildman–Crippen MR) is 174 cm³/mol.